The minimum Gasteiger partial charge on any atom is -0.496 e. The van der Waals surface area contributed by atoms with Crippen molar-refractivity contribution in [2.45, 2.75) is 18.9 Å². The van der Waals surface area contributed by atoms with Crippen molar-refractivity contribution >= 4 is 50.8 Å². The van der Waals surface area contributed by atoms with Crippen LogP contribution in [0, 0.1) is 0 Å². The maximum atomic E-state index is 12.4. The molecule has 1 saturated heterocycles. The van der Waals surface area contributed by atoms with E-state index in [0.29, 0.717) is 33.6 Å². The molecule has 0 saturated carbocycles. The molecule has 0 aliphatic carbocycles. The molecule has 2 amide bonds. The van der Waals surface area contributed by atoms with Gasteiger partial charge in [0.05, 0.1) is 17.7 Å². The summed E-state index contributed by atoms with van der Waals surface area (Å²) >= 11 is 8.58. The van der Waals surface area contributed by atoms with Crippen molar-refractivity contribution in [3.8, 4) is 5.75 Å². The van der Waals surface area contributed by atoms with Crippen molar-refractivity contribution in [3.05, 3.63) is 58.1 Å². The number of methoxy groups -OCH3 is 1. The van der Waals surface area contributed by atoms with E-state index in [1.165, 1.54) is 0 Å². The second kappa shape index (κ2) is 10.5. The van der Waals surface area contributed by atoms with Gasteiger partial charge >= 0.3 is 0 Å². The van der Waals surface area contributed by atoms with Crippen molar-refractivity contribution in [1.82, 2.24) is 10.6 Å². The third-order valence-electron chi connectivity index (χ3n) is 4.54. The van der Waals surface area contributed by atoms with Crippen molar-refractivity contribution in [2.24, 2.45) is 0 Å². The van der Waals surface area contributed by atoms with Gasteiger partial charge in [0, 0.05) is 30.0 Å². The highest BCUT2D eigenvalue weighted by Gasteiger charge is 2.17. The molecule has 1 unspecified atom stereocenters. The zero-order valence-corrected chi connectivity index (χ0v) is 18.8. The highest BCUT2D eigenvalue weighted by atomic mass is 79.9. The van der Waals surface area contributed by atoms with E-state index >= 15 is 0 Å². The summed E-state index contributed by atoms with van der Waals surface area (Å²) in [6.07, 6.45) is 2.06. The van der Waals surface area contributed by atoms with Crippen LogP contribution in [0.3, 0.4) is 0 Å². The standard InChI is InChI=1S/C21H22BrN3O4S/c1-28-18-8-7-14(11-17(18)22)20(27)25-21(30)24-15-5-2-4-13(10-15)19(26)23-12-16-6-3-9-29-16/h2,4-5,7-8,10-11,16H,3,6,9,12H2,1H3,(H,23,26)(H2,24,25,27,30). The largest absolute Gasteiger partial charge is 0.496 e. The van der Waals surface area contributed by atoms with E-state index in [0.717, 1.165) is 19.4 Å². The van der Waals surface area contributed by atoms with Crippen LogP contribution in [0.15, 0.2) is 46.9 Å². The molecule has 0 spiro atoms. The lowest BCUT2D eigenvalue weighted by molar-refractivity contribution is 0.0857. The SMILES string of the molecule is COc1ccc(C(=O)NC(=S)Nc2cccc(C(=O)NCC3CCCO3)c2)cc1Br. The van der Waals surface area contributed by atoms with Crippen LogP contribution in [0.2, 0.25) is 0 Å². The van der Waals surface area contributed by atoms with Crippen LogP contribution in [-0.2, 0) is 4.74 Å². The molecule has 9 heteroatoms. The number of thiocarbonyl (C=S) groups is 1. The Morgan fingerprint density at radius 3 is 2.70 bits per heavy atom. The molecule has 7 nitrogen and oxygen atoms in total. The molecular weight excluding hydrogens is 470 g/mol. The molecule has 1 aliphatic heterocycles. The van der Waals surface area contributed by atoms with Gasteiger partial charge in [-0.15, -0.1) is 0 Å². The first kappa shape index (κ1) is 22.2. The van der Waals surface area contributed by atoms with Crippen LogP contribution < -0.4 is 20.7 Å². The first-order valence-corrected chi connectivity index (χ1v) is 10.6. The van der Waals surface area contributed by atoms with Gasteiger partial charge in [0.25, 0.3) is 11.8 Å². The summed E-state index contributed by atoms with van der Waals surface area (Å²) in [5.74, 6) is 0.0790. The molecule has 1 fully saturated rings. The highest BCUT2D eigenvalue weighted by molar-refractivity contribution is 9.10. The normalized spacial score (nSPS) is 15.3. The van der Waals surface area contributed by atoms with Crippen LogP contribution in [-0.4, -0.2) is 43.3 Å². The number of hydrogen-bond acceptors (Lipinski definition) is 5. The summed E-state index contributed by atoms with van der Waals surface area (Å²) in [6.45, 7) is 1.24. The fraction of sp³-hybridized carbons (Fsp3) is 0.286. The summed E-state index contributed by atoms with van der Waals surface area (Å²) in [5, 5.41) is 8.56. The smallest absolute Gasteiger partial charge is 0.257 e. The molecule has 1 aliphatic rings. The lowest BCUT2D eigenvalue weighted by Gasteiger charge is -2.13. The Bertz CT molecular complexity index is 948. The Balaban J connectivity index is 1.55. The Kier molecular flexibility index (Phi) is 7.78. The molecule has 0 bridgehead atoms. The lowest BCUT2D eigenvalue weighted by Crippen LogP contribution is -2.34. The summed E-state index contributed by atoms with van der Waals surface area (Å²) < 4.78 is 11.3. The average molecular weight is 492 g/mol. The van der Waals surface area contributed by atoms with E-state index in [9.17, 15) is 9.59 Å². The summed E-state index contributed by atoms with van der Waals surface area (Å²) in [7, 11) is 1.55. The van der Waals surface area contributed by atoms with Crippen LogP contribution in [0.5, 0.6) is 5.75 Å². The molecule has 3 rings (SSSR count). The zero-order valence-electron chi connectivity index (χ0n) is 16.4. The molecule has 30 heavy (non-hydrogen) atoms. The number of amides is 2. The van der Waals surface area contributed by atoms with Crippen LogP contribution in [0.1, 0.15) is 33.6 Å². The highest BCUT2D eigenvalue weighted by Crippen LogP contribution is 2.25. The summed E-state index contributed by atoms with van der Waals surface area (Å²) in [5.41, 5.74) is 1.52. The fourth-order valence-corrected chi connectivity index (χ4v) is 3.75. The fourth-order valence-electron chi connectivity index (χ4n) is 3.00. The molecule has 0 aromatic heterocycles. The van der Waals surface area contributed by atoms with Crippen LogP contribution in [0.25, 0.3) is 0 Å². The third-order valence-corrected chi connectivity index (χ3v) is 5.36. The number of halogens is 1. The Morgan fingerprint density at radius 2 is 2.00 bits per heavy atom. The average Bonchev–Trinajstić information content (AvgIpc) is 3.25. The van der Waals surface area contributed by atoms with Gasteiger partial charge in [0.1, 0.15) is 5.75 Å². The van der Waals surface area contributed by atoms with Gasteiger partial charge in [-0.2, -0.15) is 0 Å². The Morgan fingerprint density at radius 1 is 1.20 bits per heavy atom. The van der Waals surface area contributed by atoms with Gasteiger partial charge in [-0.05, 0) is 77.4 Å². The molecule has 1 heterocycles. The predicted octanol–water partition coefficient (Wildman–Crippen LogP) is 3.49. The monoisotopic (exact) mass is 491 g/mol. The van der Waals surface area contributed by atoms with Gasteiger partial charge in [0.2, 0.25) is 0 Å². The Labute approximate surface area is 188 Å². The molecule has 3 N–H and O–H groups in total. The third kappa shape index (κ3) is 6.01. The number of carbonyl (C=O) groups is 2. The maximum Gasteiger partial charge on any atom is 0.257 e. The number of ether oxygens (including phenoxy) is 2. The number of carbonyl (C=O) groups excluding carboxylic acids is 2. The van der Waals surface area contributed by atoms with Crippen LogP contribution in [0.4, 0.5) is 5.69 Å². The summed E-state index contributed by atoms with van der Waals surface area (Å²) in [4.78, 5) is 24.8. The zero-order chi connectivity index (χ0) is 21.5. The molecule has 2 aromatic rings. The van der Waals surface area contributed by atoms with E-state index in [-0.39, 0.29) is 23.0 Å². The Hall–Kier alpha value is -2.49. The number of anilines is 1. The van der Waals surface area contributed by atoms with E-state index in [1.807, 2.05) is 0 Å². The second-order valence-corrected chi connectivity index (χ2v) is 7.95. The van der Waals surface area contributed by atoms with Crippen molar-refractivity contribution in [3.63, 3.8) is 0 Å². The second-order valence-electron chi connectivity index (χ2n) is 6.68. The number of rotatable bonds is 6. The van der Waals surface area contributed by atoms with E-state index in [1.54, 1.807) is 49.6 Å². The van der Waals surface area contributed by atoms with Gasteiger partial charge in [-0.3, -0.25) is 14.9 Å². The van der Waals surface area contributed by atoms with Crippen LogP contribution >= 0.6 is 28.1 Å². The number of hydrogen-bond donors (Lipinski definition) is 3. The van der Waals surface area contributed by atoms with Gasteiger partial charge < -0.3 is 20.1 Å². The molecule has 0 radical (unpaired) electrons. The first-order valence-electron chi connectivity index (χ1n) is 9.42. The van der Waals surface area contributed by atoms with Gasteiger partial charge in [-0.25, -0.2) is 0 Å². The lowest BCUT2D eigenvalue weighted by atomic mass is 10.1. The van der Waals surface area contributed by atoms with E-state index < -0.39 is 0 Å². The summed E-state index contributed by atoms with van der Waals surface area (Å²) in [6, 6.07) is 11.9. The quantitative estimate of drug-likeness (QED) is 0.536. The first-order chi connectivity index (χ1) is 14.5. The molecule has 158 valence electrons. The van der Waals surface area contributed by atoms with Crippen molar-refractivity contribution < 1.29 is 19.1 Å². The number of nitrogens with one attached hydrogen (secondary N) is 3. The van der Waals surface area contributed by atoms with Gasteiger partial charge in [0.15, 0.2) is 5.11 Å². The maximum absolute atomic E-state index is 12.4. The van der Waals surface area contributed by atoms with E-state index in [4.69, 9.17) is 21.7 Å². The minimum atomic E-state index is -0.360. The van der Waals surface area contributed by atoms with E-state index in [2.05, 4.69) is 31.9 Å². The topological polar surface area (TPSA) is 88.7 Å². The molecular formula is C21H22BrN3O4S. The predicted molar refractivity (Wildman–Crippen MR) is 122 cm³/mol. The molecule has 2 aromatic carbocycles. The minimum absolute atomic E-state index is 0.0797. The van der Waals surface area contributed by atoms with Gasteiger partial charge in [-0.1, -0.05) is 6.07 Å². The number of benzene rings is 2. The molecule has 1 atom stereocenters. The van der Waals surface area contributed by atoms with Crippen molar-refractivity contribution in [1.29, 1.82) is 0 Å². The van der Waals surface area contributed by atoms with Crippen molar-refractivity contribution in [2.75, 3.05) is 25.6 Å².